The number of rotatable bonds is 6. The van der Waals surface area contributed by atoms with Gasteiger partial charge in [0.2, 0.25) is 10.0 Å². The average molecular weight is 310 g/mol. The second kappa shape index (κ2) is 6.02. The molecule has 6 nitrogen and oxygen atoms in total. The lowest BCUT2D eigenvalue weighted by molar-refractivity contribution is -0.0932. The molecule has 21 heavy (non-hydrogen) atoms. The van der Waals surface area contributed by atoms with Crippen molar-refractivity contribution in [3.05, 3.63) is 29.3 Å². The van der Waals surface area contributed by atoms with Crippen molar-refractivity contribution in [2.24, 2.45) is 0 Å². The summed E-state index contributed by atoms with van der Waals surface area (Å²) in [6, 6.07) is 7.58. The Labute approximate surface area is 124 Å². The molecule has 1 aromatic rings. The third-order valence-corrected chi connectivity index (χ3v) is 4.77. The molecule has 0 fully saturated rings. The van der Waals surface area contributed by atoms with Crippen molar-refractivity contribution in [2.45, 2.75) is 18.6 Å². The molecule has 114 valence electrons. The Kier molecular flexibility index (Phi) is 4.52. The van der Waals surface area contributed by atoms with E-state index in [-0.39, 0.29) is 12.5 Å². The summed E-state index contributed by atoms with van der Waals surface area (Å²) in [5, 5.41) is 9.02. The fourth-order valence-corrected chi connectivity index (χ4v) is 3.26. The Hall–Kier alpha value is -1.62. The van der Waals surface area contributed by atoms with E-state index in [1.807, 2.05) is 6.07 Å². The van der Waals surface area contributed by atoms with Crippen molar-refractivity contribution in [1.29, 1.82) is 5.26 Å². The number of fused-ring (bicyclic) bond motifs is 1. The third-order valence-electron chi connectivity index (χ3n) is 3.61. The van der Waals surface area contributed by atoms with Gasteiger partial charge < -0.3 is 9.47 Å². The molecule has 0 amide bonds. The molecule has 0 bridgehead atoms. The Morgan fingerprint density at radius 1 is 1.43 bits per heavy atom. The van der Waals surface area contributed by atoms with E-state index in [1.165, 1.54) is 18.5 Å². The minimum Gasteiger partial charge on any atom is -0.354 e. The molecule has 0 N–H and O–H groups in total. The van der Waals surface area contributed by atoms with Crippen LogP contribution in [0.5, 0.6) is 0 Å². The van der Waals surface area contributed by atoms with Gasteiger partial charge in [-0.1, -0.05) is 6.07 Å². The van der Waals surface area contributed by atoms with Gasteiger partial charge >= 0.3 is 0 Å². The van der Waals surface area contributed by atoms with Crippen LogP contribution in [0.15, 0.2) is 18.2 Å². The average Bonchev–Trinajstić information content (AvgIpc) is 2.41. The molecular formula is C14H18N2O4S. The summed E-state index contributed by atoms with van der Waals surface area (Å²) >= 11 is 0. The Bertz CT molecular complexity index is 662. The van der Waals surface area contributed by atoms with Gasteiger partial charge in [-0.05, 0) is 29.7 Å². The zero-order chi connectivity index (χ0) is 15.6. The number of methoxy groups -OCH3 is 2. The van der Waals surface area contributed by atoms with Gasteiger partial charge in [-0.2, -0.15) is 5.26 Å². The Morgan fingerprint density at radius 2 is 2.10 bits per heavy atom. The van der Waals surface area contributed by atoms with Crippen LogP contribution < -0.4 is 4.31 Å². The van der Waals surface area contributed by atoms with Gasteiger partial charge in [0, 0.05) is 14.2 Å². The van der Waals surface area contributed by atoms with Crippen LogP contribution in [0.25, 0.3) is 0 Å². The topological polar surface area (TPSA) is 79.6 Å². The molecule has 1 aromatic carbocycles. The number of nitriles is 1. The van der Waals surface area contributed by atoms with Gasteiger partial charge in [-0.25, -0.2) is 8.42 Å². The molecule has 0 aromatic heterocycles. The SMILES string of the molecule is COC(CN(c1ccc2c(c1)C(C#N)C2)S(C)(=O)=O)OC. The van der Waals surface area contributed by atoms with Crippen LogP contribution in [0.3, 0.4) is 0 Å². The molecule has 0 spiro atoms. The summed E-state index contributed by atoms with van der Waals surface area (Å²) < 4.78 is 35.4. The van der Waals surface area contributed by atoms with Crippen LogP contribution >= 0.6 is 0 Å². The lowest BCUT2D eigenvalue weighted by Crippen LogP contribution is -2.38. The molecule has 0 heterocycles. The van der Waals surface area contributed by atoms with Gasteiger partial charge in [-0.15, -0.1) is 0 Å². The maximum absolute atomic E-state index is 12.0. The lowest BCUT2D eigenvalue weighted by atomic mass is 9.78. The second-order valence-electron chi connectivity index (χ2n) is 4.96. The summed E-state index contributed by atoms with van der Waals surface area (Å²) in [5.74, 6) is -0.151. The lowest BCUT2D eigenvalue weighted by Gasteiger charge is -2.30. The van der Waals surface area contributed by atoms with Crippen molar-refractivity contribution < 1.29 is 17.9 Å². The highest BCUT2D eigenvalue weighted by atomic mass is 32.2. The number of benzene rings is 1. The van der Waals surface area contributed by atoms with E-state index < -0.39 is 16.3 Å². The summed E-state index contributed by atoms with van der Waals surface area (Å²) in [5.41, 5.74) is 2.51. The summed E-state index contributed by atoms with van der Waals surface area (Å²) in [6.45, 7) is 0.0574. The number of sulfonamides is 1. The van der Waals surface area contributed by atoms with Crippen molar-refractivity contribution in [3.63, 3.8) is 0 Å². The molecular weight excluding hydrogens is 292 g/mol. The zero-order valence-electron chi connectivity index (χ0n) is 12.2. The molecule has 0 radical (unpaired) electrons. The number of nitrogens with zero attached hydrogens (tertiary/aromatic N) is 2. The van der Waals surface area contributed by atoms with Crippen molar-refractivity contribution in [2.75, 3.05) is 31.3 Å². The maximum atomic E-state index is 12.0. The maximum Gasteiger partial charge on any atom is 0.232 e. The van der Waals surface area contributed by atoms with Crippen LogP contribution in [0, 0.1) is 11.3 Å². The molecule has 1 aliphatic carbocycles. The van der Waals surface area contributed by atoms with Crippen LogP contribution in [0.2, 0.25) is 0 Å². The number of anilines is 1. The highest BCUT2D eigenvalue weighted by Crippen LogP contribution is 2.37. The molecule has 1 unspecified atom stereocenters. The van der Waals surface area contributed by atoms with Crippen LogP contribution in [-0.2, 0) is 25.9 Å². The zero-order valence-corrected chi connectivity index (χ0v) is 13.1. The van der Waals surface area contributed by atoms with Crippen molar-refractivity contribution in [1.82, 2.24) is 0 Å². The predicted octanol–water partition coefficient (Wildman–Crippen LogP) is 1.23. The number of hydrogen-bond donors (Lipinski definition) is 0. The smallest absolute Gasteiger partial charge is 0.232 e. The molecule has 1 atom stereocenters. The molecule has 2 rings (SSSR count). The van der Waals surface area contributed by atoms with Crippen molar-refractivity contribution >= 4 is 15.7 Å². The van der Waals surface area contributed by atoms with E-state index in [2.05, 4.69) is 6.07 Å². The summed E-state index contributed by atoms with van der Waals surface area (Å²) in [4.78, 5) is 0. The number of ether oxygens (including phenoxy) is 2. The molecule has 0 saturated heterocycles. The summed E-state index contributed by atoms with van der Waals surface area (Å²) in [6.07, 6.45) is 1.21. The Morgan fingerprint density at radius 3 is 2.62 bits per heavy atom. The first-order valence-electron chi connectivity index (χ1n) is 6.46. The van der Waals surface area contributed by atoms with E-state index in [4.69, 9.17) is 14.7 Å². The normalized spacial score (nSPS) is 17.0. The molecule has 0 aliphatic heterocycles. The minimum absolute atomic E-state index is 0.0574. The molecule has 7 heteroatoms. The van der Waals surface area contributed by atoms with E-state index >= 15 is 0 Å². The first-order valence-corrected chi connectivity index (χ1v) is 8.31. The largest absolute Gasteiger partial charge is 0.354 e. The van der Waals surface area contributed by atoms with Crippen LogP contribution in [0.1, 0.15) is 17.0 Å². The summed E-state index contributed by atoms with van der Waals surface area (Å²) in [7, 11) is -0.560. The van der Waals surface area contributed by atoms with Gasteiger partial charge in [-0.3, -0.25) is 4.31 Å². The first kappa shape index (κ1) is 15.8. The quantitative estimate of drug-likeness (QED) is 0.738. The third kappa shape index (κ3) is 3.18. The van der Waals surface area contributed by atoms with Gasteiger partial charge in [0.05, 0.1) is 30.5 Å². The fourth-order valence-electron chi connectivity index (χ4n) is 2.37. The predicted molar refractivity (Wildman–Crippen MR) is 78.5 cm³/mol. The first-order chi connectivity index (χ1) is 9.90. The van der Waals surface area contributed by atoms with E-state index in [9.17, 15) is 8.42 Å². The van der Waals surface area contributed by atoms with Crippen molar-refractivity contribution in [3.8, 4) is 6.07 Å². The molecule has 1 aliphatic rings. The van der Waals surface area contributed by atoms with Gasteiger partial charge in [0.1, 0.15) is 0 Å². The highest BCUT2D eigenvalue weighted by molar-refractivity contribution is 7.92. The van der Waals surface area contributed by atoms with E-state index in [1.54, 1.807) is 12.1 Å². The monoisotopic (exact) mass is 310 g/mol. The minimum atomic E-state index is -3.47. The standard InChI is InChI=1S/C14H18N2O4S/c1-19-14(20-2)9-16(21(3,17)18)12-5-4-10-6-11(8-15)13(10)7-12/h4-5,7,11,14H,6,9H2,1-3H3. The van der Waals surface area contributed by atoms with E-state index in [0.717, 1.165) is 23.8 Å². The van der Waals surface area contributed by atoms with Gasteiger partial charge in [0.15, 0.2) is 6.29 Å². The van der Waals surface area contributed by atoms with Gasteiger partial charge in [0.25, 0.3) is 0 Å². The number of hydrogen-bond acceptors (Lipinski definition) is 5. The molecule has 0 saturated carbocycles. The fraction of sp³-hybridized carbons (Fsp3) is 0.500. The van der Waals surface area contributed by atoms with Crippen LogP contribution in [0.4, 0.5) is 5.69 Å². The Balaban J connectivity index is 2.34. The second-order valence-corrected chi connectivity index (χ2v) is 6.87. The van der Waals surface area contributed by atoms with Crippen LogP contribution in [-0.4, -0.2) is 41.7 Å². The van der Waals surface area contributed by atoms with E-state index in [0.29, 0.717) is 5.69 Å². The highest BCUT2D eigenvalue weighted by Gasteiger charge is 2.29.